The van der Waals surface area contributed by atoms with Gasteiger partial charge in [0, 0.05) is 81.6 Å². The summed E-state index contributed by atoms with van der Waals surface area (Å²) in [5.74, 6) is -0.241. The number of ether oxygens (including phenoxy) is 1. The van der Waals surface area contributed by atoms with Gasteiger partial charge in [0.15, 0.2) is 0 Å². The lowest BCUT2D eigenvalue weighted by Crippen LogP contribution is -2.50. The SMILES string of the molecule is COc1cc2ncnc(Nc3ccc(F)c(Cl)c3)c2cc1NC(=O)/C=C/CN1CCN(Cc2ccncc2N2CCC(=O)NC2=O)CC1. The number of benzene rings is 2. The van der Waals surface area contributed by atoms with Gasteiger partial charge in [-0.3, -0.25) is 34.6 Å². The number of fused-ring (bicyclic) bond motifs is 1. The predicted molar refractivity (Wildman–Crippen MR) is 180 cm³/mol. The number of pyridine rings is 1. The smallest absolute Gasteiger partial charge is 0.328 e. The van der Waals surface area contributed by atoms with Gasteiger partial charge in [0.05, 0.1) is 35.2 Å². The Morgan fingerprint density at radius 1 is 1.08 bits per heavy atom. The number of hydrogen-bond donors (Lipinski definition) is 3. The molecule has 0 atom stereocenters. The number of nitrogens with one attached hydrogen (secondary N) is 3. The van der Waals surface area contributed by atoms with E-state index >= 15 is 0 Å². The molecule has 0 saturated carbocycles. The molecule has 4 heterocycles. The van der Waals surface area contributed by atoms with Crippen molar-refractivity contribution in [2.24, 2.45) is 0 Å². The van der Waals surface area contributed by atoms with Crippen LogP contribution < -0.4 is 25.6 Å². The van der Waals surface area contributed by atoms with Crippen molar-refractivity contribution in [2.75, 3.05) is 61.9 Å². The molecule has 4 amide bonds. The van der Waals surface area contributed by atoms with Crippen molar-refractivity contribution in [1.82, 2.24) is 30.1 Å². The molecule has 2 aliphatic rings. The molecule has 2 aromatic carbocycles. The number of halogens is 2. The molecule has 248 valence electrons. The summed E-state index contributed by atoms with van der Waals surface area (Å²) in [6, 6.07) is 9.17. The first-order valence-corrected chi connectivity index (χ1v) is 15.7. The van der Waals surface area contributed by atoms with Crippen molar-refractivity contribution in [2.45, 2.75) is 13.0 Å². The lowest BCUT2D eigenvalue weighted by molar-refractivity contribution is -0.120. The molecule has 48 heavy (non-hydrogen) atoms. The van der Waals surface area contributed by atoms with Crippen LogP contribution in [0.15, 0.2) is 67.3 Å². The molecule has 0 bridgehead atoms. The summed E-state index contributed by atoms with van der Waals surface area (Å²) in [7, 11) is 1.51. The van der Waals surface area contributed by atoms with Crippen molar-refractivity contribution in [3.05, 3.63) is 83.7 Å². The summed E-state index contributed by atoms with van der Waals surface area (Å²) >= 11 is 5.94. The number of methoxy groups -OCH3 is 1. The maximum absolute atomic E-state index is 13.6. The Labute approximate surface area is 280 Å². The fourth-order valence-corrected chi connectivity index (χ4v) is 5.78. The van der Waals surface area contributed by atoms with E-state index in [9.17, 15) is 18.8 Å². The number of aromatic nitrogens is 3. The highest BCUT2D eigenvalue weighted by atomic mass is 35.5. The zero-order valence-corrected chi connectivity index (χ0v) is 26.8. The Morgan fingerprint density at radius 2 is 1.90 bits per heavy atom. The van der Waals surface area contributed by atoms with E-state index in [2.05, 4.69) is 40.7 Å². The lowest BCUT2D eigenvalue weighted by Gasteiger charge is -2.35. The molecule has 0 spiro atoms. The zero-order chi connectivity index (χ0) is 33.6. The number of nitrogens with zero attached hydrogens (tertiary/aromatic N) is 6. The summed E-state index contributed by atoms with van der Waals surface area (Å²) in [6.45, 7) is 4.80. The minimum atomic E-state index is -0.526. The van der Waals surface area contributed by atoms with Gasteiger partial charge in [-0.15, -0.1) is 0 Å². The highest BCUT2D eigenvalue weighted by Gasteiger charge is 2.27. The Balaban J connectivity index is 1.04. The molecule has 0 aliphatic carbocycles. The second kappa shape index (κ2) is 14.7. The Morgan fingerprint density at radius 3 is 2.67 bits per heavy atom. The Bertz CT molecular complexity index is 1880. The van der Waals surface area contributed by atoms with Gasteiger partial charge in [0.1, 0.15) is 23.7 Å². The molecule has 2 aromatic heterocycles. The van der Waals surface area contributed by atoms with Gasteiger partial charge in [0.2, 0.25) is 11.8 Å². The molecule has 2 fully saturated rings. The largest absolute Gasteiger partial charge is 0.494 e. The molecule has 6 rings (SSSR count). The quantitative estimate of drug-likeness (QED) is 0.208. The van der Waals surface area contributed by atoms with Crippen LogP contribution in [-0.2, 0) is 16.1 Å². The van der Waals surface area contributed by atoms with Gasteiger partial charge in [-0.05, 0) is 35.9 Å². The highest BCUT2D eigenvalue weighted by Crippen LogP contribution is 2.33. The summed E-state index contributed by atoms with van der Waals surface area (Å²) in [5, 5.41) is 8.98. The van der Waals surface area contributed by atoms with Crippen LogP contribution in [-0.4, -0.2) is 89.0 Å². The van der Waals surface area contributed by atoms with Crippen molar-refractivity contribution < 1.29 is 23.5 Å². The summed E-state index contributed by atoms with van der Waals surface area (Å²) in [4.78, 5) is 55.9. The summed E-state index contributed by atoms with van der Waals surface area (Å²) in [5.41, 5.74) is 3.24. The van der Waals surface area contributed by atoms with Gasteiger partial charge in [0.25, 0.3) is 0 Å². The molecule has 0 unspecified atom stereocenters. The molecule has 2 aliphatic heterocycles. The maximum atomic E-state index is 13.6. The summed E-state index contributed by atoms with van der Waals surface area (Å²) in [6.07, 6.45) is 8.34. The molecule has 13 nitrogen and oxygen atoms in total. The van der Waals surface area contributed by atoms with Crippen LogP contribution in [0.25, 0.3) is 10.9 Å². The number of amides is 4. The topological polar surface area (TPSA) is 145 Å². The normalized spacial score (nSPS) is 15.9. The second-order valence-corrected chi connectivity index (χ2v) is 11.7. The number of rotatable bonds is 10. The van der Waals surface area contributed by atoms with Crippen LogP contribution in [0.2, 0.25) is 5.02 Å². The predicted octanol–water partition coefficient (Wildman–Crippen LogP) is 4.33. The van der Waals surface area contributed by atoms with E-state index in [1.54, 1.807) is 35.5 Å². The monoisotopic (exact) mass is 673 g/mol. The number of imide groups is 1. The number of urea groups is 1. The van der Waals surface area contributed by atoms with Crippen molar-refractivity contribution in [3.8, 4) is 5.75 Å². The average molecular weight is 674 g/mol. The molecule has 0 radical (unpaired) electrons. The number of hydrogen-bond acceptors (Lipinski definition) is 10. The second-order valence-electron chi connectivity index (χ2n) is 11.3. The standard InChI is InChI=1S/C33H33ClFN9O4/c1-48-29-17-26-23(32(38-20-37-26)39-22-4-5-25(35)24(34)15-22)16-27(29)40-30(45)3-2-9-42-11-13-43(14-12-42)19-21-6-8-36-18-28(21)44-10-7-31(46)41-33(44)47/h2-6,8,15-18,20H,7,9-14,19H2,1H3,(H,40,45)(H,37,38,39)(H,41,46,47)/b3-2+. The minimum Gasteiger partial charge on any atom is -0.494 e. The number of anilines is 4. The Kier molecular flexibility index (Phi) is 10.0. The van der Waals surface area contributed by atoms with Crippen molar-refractivity contribution in [1.29, 1.82) is 0 Å². The van der Waals surface area contributed by atoms with E-state index in [-0.39, 0.29) is 23.3 Å². The van der Waals surface area contributed by atoms with Crippen LogP contribution in [0.4, 0.5) is 32.1 Å². The maximum Gasteiger partial charge on any atom is 0.328 e. The van der Waals surface area contributed by atoms with Crippen LogP contribution in [0.1, 0.15) is 12.0 Å². The van der Waals surface area contributed by atoms with E-state index in [1.165, 1.54) is 31.6 Å². The fourth-order valence-electron chi connectivity index (χ4n) is 5.60. The lowest BCUT2D eigenvalue weighted by atomic mass is 10.1. The molecular formula is C33H33ClFN9O4. The van der Waals surface area contributed by atoms with Gasteiger partial charge < -0.3 is 15.4 Å². The third kappa shape index (κ3) is 7.68. The number of carbonyl (C=O) groups excluding carboxylic acids is 3. The number of piperazine rings is 1. The van der Waals surface area contributed by atoms with Crippen LogP contribution >= 0.6 is 11.6 Å². The average Bonchev–Trinajstić information content (AvgIpc) is 3.08. The van der Waals surface area contributed by atoms with E-state index in [1.807, 2.05) is 12.1 Å². The van der Waals surface area contributed by atoms with Gasteiger partial charge in [-0.25, -0.2) is 19.2 Å². The van der Waals surface area contributed by atoms with Crippen molar-refractivity contribution >= 4 is 63.2 Å². The summed E-state index contributed by atoms with van der Waals surface area (Å²) < 4.78 is 19.2. The Hall–Kier alpha value is -5.18. The fraction of sp³-hybridized carbons (Fsp3) is 0.273. The number of carbonyl (C=O) groups is 3. The van der Waals surface area contributed by atoms with Crippen molar-refractivity contribution in [3.63, 3.8) is 0 Å². The zero-order valence-electron chi connectivity index (χ0n) is 26.1. The first kappa shape index (κ1) is 32.7. The molecule has 4 aromatic rings. The van der Waals surface area contributed by atoms with E-state index in [0.717, 1.165) is 31.7 Å². The first-order valence-electron chi connectivity index (χ1n) is 15.3. The van der Waals surface area contributed by atoms with Gasteiger partial charge >= 0.3 is 6.03 Å². The van der Waals surface area contributed by atoms with Gasteiger partial charge in [-0.2, -0.15) is 0 Å². The van der Waals surface area contributed by atoms with Crippen LogP contribution in [0, 0.1) is 5.82 Å². The minimum absolute atomic E-state index is 0.0226. The van der Waals surface area contributed by atoms with E-state index in [0.29, 0.717) is 59.2 Å². The molecular weight excluding hydrogens is 641 g/mol. The van der Waals surface area contributed by atoms with Crippen LogP contribution in [0.3, 0.4) is 0 Å². The third-order valence-electron chi connectivity index (χ3n) is 8.12. The highest BCUT2D eigenvalue weighted by molar-refractivity contribution is 6.31. The first-order chi connectivity index (χ1) is 23.3. The van der Waals surface area contributed by atoms with E-state index < -0.39 is 11.8 Å². The molecule has 15 heteroatoms. The van der Waals surface area contributed by atoms with Crippen LogP contribution in [0.5, 0.6) is 5.75 Å². The third-order valence-corrected chi connectivity index (χ3v) is 8.41. The molecule has 3 N–H and O–H groups in total. The van der Waals surface area contributed by atoms with E-state index in [4.69, 9.17) is 16.3 Å². The molecule has 2 saturated heterocycles. The van der Waals surface area contributed by atoms with Gasteiger partial charge in [-0.1, -0.05) is 17.7 Å².